The molecule has 38 heavy (non-hydrogen) atoms. The fraction of sp³-hybridized carbons (Fsp3) is 0.185. The van der Waals surface area contributed by atoms with Gasteiger partial charge in [-0.25, -0.2) is 0 Å². The van der Waals surface area contributed by atoms with Crippen molar-refractivity contribution in [1.29, 1.82) is 0 Å². The number of thiocarbonyl (C=S) groups is 1. The van der Waals surface area contributed by atoms with Gasteiger partial charge in [-0.3, -0.25) is 14.4 Å². The van der Waals surface area contributed by atoms with E-state index in [9.17, 15) is 27.6 Å². The predicted molar refractivity (Wildman–Crippen MR) is 141 cm³/mol. The Morgan fingerprint density at radius 3 is 2.21 bits per heavy atom. The number of rotatable bonds is 9. The Balaban J connectivity index is 1.44. The zero-order valence-electron chi connectivity index (χ0n) is 20.0. The van der Waals surface area contributed by atoms with Crippen LogP contribution in [0.5, 0.6) is 0 Å². The molecule has 11 heteroatoms. The van der Waals surface area contributed by atoms with Gasteiger partial charge in [-0.2, -0.15) is 13.2 Å². The molecule has 0 bridgehead atoms. The molecule has 0 fully saturated rings. The van der Waals surface area contributed by atoms with E-state index in [-0.39, 0.29) is 35.8 Å². The van der Waals surface area contributed by atoms with E-state index < -0.39 is 29.5 Å². The van der Waals surface area contributed by atoms with Crippen LogP contribution in [-0.2, 0) is 26.9 Å². The Morgan fingerprint density at radius 1 is 0.816 bits per heavy atom. The molecule has 2 amide bonds. The maximum absolute atomic E-state index is 12.9. The van der Waals surface area contributed by atoms with Crippen molar-refractivity contribution in [3.63, 3.8) is 0 Å². The summed E-state index contributed by atoms with van der Waals surface area (Å²) in [4.78, 5) is 36.5. The van der Waals surface area contributed by atoms with Crippen molar-refractivity contribution in [2.75, 3.05) is 17.2 Å². The molecular formula is C27H24F3N3O4S. The molecule has 198 valence electrons. The van der Waals surface area contributed by atoms with E-state index in [1.54, 1.807) is 12.1 Å². The highest BCUT2D eigenvalue weighted by Gasteiger charge is 2.30. The van der Waals surface area contributed by atoms with Crippen LogP contribution in [-0.4, -0.2) is 29.5 Å². The quantitative estimate of drug-likeness (QED) is 0.249. The number of halogens is 3. The van der Waals surface area contributed by atoms with Crippen LogP contribution in [0.3, 0.4) is 0 Å². The zero-order chi connectivity index (χ0) is 27.5. The standard InChI is InChI=1S/C27H24F3N3O4S/c28-27(29,30)20-9-5-11-22(17-20)31-25(36)19-8-4-10-21(16-19)32-26(38)33-23(34)12-13-24(35)37-15-14-18-6-2-1-3-7-18/h1-11,16-17H,12-15H2,(H,31,36)(H2,32,33,34,38). The van der Waals surface area contributed by atoms with Gasteiger partial charge in [0.2, 0.25) is 5.91 Å². The smallest absolute Gasteiger partial charge is 0.416 e. The minimum atomic E-state index is -4.53. The zero-order valence-corrected chi connectivity index (χ0v) is 20.8. The van der Waals surface area contributed by atoms with Crippen LogP contribution in [0.4, 0.5) is 24.5 Å². The second-order valence-electron chi connectivity index (χ2n) is 8.07. The lowest BCUT2D eigenvalue weighted by atomic mass is 10.1. The van der Waals surface area contributed by atoms with Crippen LogP contribution in [0.1, 0.15) is 34.3 Å². The highest BCUT2D eigenvalue weighted by Crippen LogP contribution is 2.30. The summed E-state index contributed by atoms with van der Waals surface area (Å²) >= 11 is 5.11. The first-order valence-corrected chi connectivity index (χ1v) is 11.9. The number of carbonyl (C=O) groups excluding carboxylic acids is 3. The minimum Gasteiger partial charge on any atom is -0.465 e. The Labute approximate surface area is 222 Å². The summed E-state index contributed by atoms with van der Waals surface area (Å²) in [7, 11) is 0. The number of hydrogen-bond donors (Lipinski definition) is 3. The molecule has 3 rings (SSSR count). The molecule has 3 N–H and O–H groups in total. The third-order valence-electron chi connectivity index (χ3n) is 5.14. The molecule has 0 atom stereocenters. The van der Waals surface area contributed by atoms with Crippen molar-refractivity contribution >= 4 is 46.5 Å². The van der Waals surface area contributed by atoms with E-state index in [4.69, 9.17) is 17.0 Å². The molecule has 3 aromatic rings. The minimum absolute atomic E-state index is 0.00966. The highest BCUT2D eigenvalue weighted by molar-refractivity contribution is 7.80. The monoisotopic (exact) mass is 543 g/mol. The van der Waals surface area contributed by atoms with E-state index in [1.165, 1.54) is 24.3 Å². The van der Waals surface area contributed by atoms with E-state index >= 15 is 0 Å². The van der Waals surface area contributed by atoms with Gasteiger partial charge in [0.25, 0.3) is 5.91 Å². The van der Waals surface area contributed by atoms with Crippen LogP contribution in [0, 0.1) is 0 Å². The molecule has 3 aromatic carbocycles. The number of benzene rings is 3. The van der Waals surface area contributed by atoms with Gasteiger partial charge in [-0.05, 0) is 54.2 Å². The normalized spacial score (nSPS) is 10.8. The molecule has 0 aliphatic carbocycles. The number of alkyl halides is 3. The van der Waals surface area contributed by atoms with Crippen molar-refractivity contribution in [3.8, 4) is 0 Å². The first kappa shape index (κ1) is 28.3. The van der Waals surface area contributed by atoms with Gasteiger partial charge in [-0.1, -0.05) is 42.5 Å². The van der Waals surface area contributed by atoms with Crippen molar-refractivity contribution in [3.05, 3.63) is 95.6 Å². The van der Waals surface area contributed by atoms with E-state index in [0.29, 0.717) is 12.1 Å². The number of ether oxygens (including phenoxy) is 1. The van der Waals surface area contributed by atoms with Gasteiger partial charge >= 0.3 is 12.1 Å². The molecule has 0 radical (unpaired) electrons. The molecular weight excluding hydrogens is 519 g/mol. The van der Waals surface area contributed by atoms with Gasteiger partial charge in [-0.15, -0.1) is 0 Å². The Kier molecular flexibility index (Phi) is 9.94. The third-order valence-corrected chi connectivity index (χ3v) is 5.34. The lowest BCUT2D eigenvalue weighted by molar-refractivity contribution is -0.144. The summed E-state index contributed by atoms with van der Waals surface area (Å²) < 4.78 is 43.8. The Bertz CT molecular complexity index is 1300. The van der Waals surface area contributed by atoms with Crippen LogP contribution in [0.15, 0.2) is 78.9 Å². The number of hydrogen-bond acceptors (Lipinski definition) is 5. The van der Waals surface area contributed by atoms with Gasteiger partial charge in [0.1, 0.15) is 0 Å². The van der Waals surface area contributed by atoms with Crippen molar-refractivity contribution in [1.82, 2.24) is 5.32 Å². The maximum atomic E-state index is 12.9. The molecule has 0 saturated heterocycles. The molecule has 0 unspecified atom stereocenters. The molecule has 0 aromatic heterocycles. The lowest BCUT2D eigenvalue weighted by Gasteiger charge is -2.12. The maximum Gasteiger partial charge on any atom is 0.416 e. The number of esters is 1. The Hall–Kier alpha value is -4.25. The summed E-state index contributed by atoms with van der Waals surface area (Å²) in [5.74, 6) is -1.64. The van der Waals surface area contributed by atoms with Crippen LogP contribution >= 0.6 is 12.2 Å². The lowest BCUT2D eigenvalue weighted by Crippen LogP contribution is -2.34. The van der Waals surface area contributed by atoms with Crippen molar-refractivity contribution < 1.29 is 32.3 Å². The number of anilines is 2. The van der Waals surface area contributed by atoms with Crippen LogP contribution in [0.2, 0.25) is 0 Å². The van der Waals surface area contributed by atoms with Gasteiger partial charge in [0.05, 0.1) is 18.6 Å². The Morgan fingerprint density at radius 2 is 1.50 bits per heavy atom. The van der Waals surface area contributed by atoms with Gasteiger partial charge < -0.3 is 20.7 Å². The summed E-state index contributed by atoms with van der Waals surface area (Å²) in [6, 6.07) is 19.8. The summed E-state index contributed by atoms with van der Waals surface area (Å²) in [6.07, 6.45) is -4.21. The number of amides is 2. The molecule has 7 nitrogen and oxygen atoms in total. The van der Waals surface area contributed by atoms with E-state index in [1.807, 2.05) is 30.3 Å². The molecule has 0 aliphatic rings. The second kappa shape index (κ2) is 13.3. The predicted octanol–water partition coefficient (Wildman–Crippen LogP) is 5.34. The topological polar surface area (TPSA) is 96.5 Å². The first-order chi connectivity index (χ1) is 18.1. The molecule has 0 aliphatic heterocycles. The average Bonchev–Trinajstić information content (AvgIpc) is 2.88. The molecule has 0 saturated carbocycles. The number of nitrogens with one attached hydrogen (secondary N) is 3. The molecule has 0 spiro atoms. The van der Waals surface area contributed by atoms with Crippen molar-refractivity contribution in [2.24, 2.45) is 0 Å². The summed E-state index contributed by atoms with van der Waals surface area (Å²) in [5, 5.41) is 7.57. The number of carbonyl (C=O) groups is 3. The third kappa shape index (κ3) is 9.32. The van der Waals surface area contributed by atoms with Crippen LogP contribution in [0.25, 0.3) is 0 Å². The largest absolute Gasteiger partial charge is 0.465 e. The van der Waals surface area contributed by atoms with Gasteiger partial charge in [0.15, 0.2) is 5.11 Å². The molecule has 0 heterocycles. The highest BCUT2D eigenvalue weighted by atomic mass is 32.1. The first-order valence-electron chi connectivity index (χ1n) is 11.5. The SMILES string of the molecule is O=C(CCC(=O)OCCc1ccccc1)NC(=S)Nc1cccc(C(=O)Nc2cccc(C(F)(F)F)c2)c1. The van der Waals surface area contributed by atoms with Crippen molar-refractivity contribution in [2.45, 2.75) is 25.4 Å². The summed E-state index contributed by atoms with van der Waals surface area (Å²) in [6.45, 7) is 0.210. The van der Waals surface area contributed by atoms with Gasteiger partial charge in [0, 0.05) is 29.8 Å². The average molecular weight is 544 g/mol. The fourth-order valence-corrected chi connectivity index (χ4v) is 3.51. The second-order valence-corrected chi connectivity index (χ2v) is 8.48. The fourth-order valence-electron chi connectivity index (χ4n) is 3.28. The van der Waals surface area contributed by atoms with E-state index in [2.05, 4.69) is 16.0 Å². The summed E-state index contributed by atoms with van der Waals surface area (Å²) in [5.41, 5.74) is 0.663. The van der Waals surface area contributed by atoms with Crippen LogP contribution < -0.4 is 16.0 Å². The van der Waals surface area contributed by atoms with E-state index in [0.717, 1.165) is 17.7 Å².